The molecule has 1 heterocycles. The Morgan fingerprint density at radius 3 is 2.37 bits per heavy atom. The minimum absolute atomic E-state index is 0.617. The fourth-order valence-electron chi connectivity index (χ4n) is 1.80. The Balaban J connectivity index is 2.35. The van der Waals surface area contributed by atoms with Crippen LogP contribution in [0, 0.1) is 6.92 Å². The van der Waals surface area contributed by atoms with E-state index in [2.05, 4.69) is 15.9 Å². The van der Waals surface area contributed by atoms with Gasteiger partial charge in [0.25, 0.3) is 0 Å². The van der Waals surface area contributed by atoms with E-state index in [1.807, 2.05) is 19.1 Å². The fraction of sp³-hybridized carbons (Fsp3) is 0.286. The normalized spacial score (nSPS) is 12.3. The largest absolute Gasteiger partial charge is 0.493 e. The second-order valence-electron chi connectivity index (χ2n) is 4.07. The van der Waals surface area contributed by atoms with E-state index in [4.69, 9.17) is 9.47 Å². The molecular weight excluding hydrogens is 328 g/mol. The highest BCUT2D eigenvalue weighted by atomic mass is 79.9. The van der Waals surface area contributed by atoms with Gasteiger partial charge in [-0.2, -0.15) is 0 Å². The minimum Gasteiger partial charge on any atom is -0.493 e. The molecule has 0 aliphatic heterocycles. The number of hydrogen-bond acceptors (Lipinski definition) is 4. The molecule has 1 N–H and O–H groups in total. The summed E-state index contributed by atoms with van der Waals surface area (Å²) in [6, 6.07) is 7.38. The molecule has 0 saturated carbocycles. The van der Waals surface area contributed by atoms with Crippen LogP contribution < -0.4 is 9.47 Å². The van der Waals surface area contributed by atoms with Crippen LogP contribution in [0.4, 0.5) is 0 Å². The molecule has 0 radical (unpaired) electrons. The molecule has 102 valence electrons. The Morgan fingerprint density at radius 2 is 1.84 bits per heavy atom. The minimum atomic E-state index is -0.658. The van der Waals surface area contributed by atoms with Gasteiger partial charge in [-0.3, -0.25) is 0 Å². The van der Waals surface area contributed by atoms with Gasteiger partial charge in [0.2, 0.25) is 0 Å². The van der Waals surface area contributed by atoms with Crippen molar-refractivity contribution in [3.8, 4) is 11.5 Å². The molecule has 1 aromatic heterocycles. The van der Waals surface area contributed by atoms with Gasteiger partial charge >= 0.3 is 0 Å². The number of halogens is 1. The molecule has 5 heteroatoms. The third kappa shape index (κ3) is 2.94. The molecule has 0 fully saturated rings. The van der Waals surface area contributed by atoms with Crippen LogP contribution in [-0.4, -0.2) is 19.3 Å². The number of methoxy groups -OCH3 is 2. The van der Waals surface area contributed by atoms with E-state index in [-0.39, 0.29) is 0 Å². The molecule has 0 aliphatic carbocycles. The summed E-state index contributed by atoms with van der Waals surface area (Å²) in [6.45, 7) is 2.01. The van der Waals surface area contributed by atoms with Crippen LogP contribution in [0.5, 0.6) is 11.5 Å². The van der Waals surface area contributed by atoms with Crippen molar-refractivity contribution in [3.05, 3.63) is 44.1 Å². The molecule has 0 saturated heterocycles. The number of thiophene rings is 1. The first-order valence-electron chi connectivity index (χ1n) is 5.72. The SMILES string of the molecule is COc1ccc(C(O)c2cc(Br)c(C)s2)cc1OC. The predicted molar refractivity (Wildman–Crippen MR) is 80.4 cm³/mol. The summed E-state index contributed by atoms with van der Waals surface area (Å²) in [5.74, 6) is 1.27. The molecule has 3 nitrogen and oxygen atoms in total. The summed E-state index contributed by atoms with van der Waals surface area (Å²) < 4.78 is 11.5. The van der Waals surface area contributed by atoms with Gasteiger partial charge in [0.15, 0.2) is 11.5 Å². The van der Waals surface area contributed by atoms with Crippen LogP contribution in [0.2, 0.25) is 0 Å². The summed E-state index contributed by atoms with van der Waals surface area (Å²) in [6.07, 6.45) is -0.658. The maximum Gasteiger partial charge on any atom is 0.161 e. The van der Waals surface area contributed by atoms with Crippen LogP contribution in [0.1, 0.15) is 21.4 Å². The lowest BCUT2D eigenvalue weighted by molar-refractivity contribution is 0.223. The lowest BCUT2D eigenvalue weighted by Crippen LogP contribution is -1.99. The number of rotatable bonds is 4. The van der Waals surface area contributed by atoms with E-state index >= 15 is 0 Å². The number of aliphatic hydroxyl groups excluding tert-OH is 1. The van der Waals surface area contributed by atoms with Crippen molar-refractivity contribution in [1.29, 1.82) is 0 Å². The topological polar surface area (TPSA) is 38.7 Å². The van der Waals surface area contributed by atoms with E-state index in [0.29, 0.717) is 11.5 Å². The Bertz CT molecular complexity index is 561. The van der Waals surface area contributed by atoms with Crippen molar-refractivity contribution in [2.75, 3.05) is 14.2 Å². The van der Waals surface area contributed by atoms with Crippen molar-refractivity contribution >= 4 is 27.3 Å². The summed E-state index contributed by atoms with van der Waals surface area (Å²) in [5.41, 5.74) is 0.784. The number of ether oxygens (including phenoxy) is 2. The quantitative estimate of drug-likeness (QED) is 0.915. The second-order valence-corrected chi connectivity index (χ2v) is 6.21. The predicted octanol–water partition coefficient (Wildman–Crippen LogP) is 3.92. The van der Waals surface area contributed by atoms with E-state index < -0.39 is 6.10 Å². The second kappa shape index (κ2) is 5.94. The molecule has 2 rings (SSSR count). The van der Waals surface area contributed by atoms with Gasteiger partial charge in [-0.1, -0.05) is 6.07 Å². The van der Waals surface area contributed by atoms with Crippen molar-refractivity contribution in [2.45, 2.75) is 13.0 Å². The van der Waals surface area contributed by atoms with Gasteiger partial charge in [-0.05, 0) is 46.6 Å². The summed E-state index contributed by atoms with van der Waals surface area (Å²) in [4.78, 5) is 2.05. The molecular formula is C14H15BrO3S. The number of benzene rings is 1. The summed E-state index contributed by atoms with van der Waals surface area (Å²) in [5, 5.41) is 10.4. The van der Waals surface area contributed by atoms with Gasteiger partial charge in [0.05, 0.1) is 14.2 Å². The van der Waals surface area contributed by atoms with Gasteiger partial charge in [0, 0.05) is 14.2 Å². The van der Waals surface area contributed by atoms with Crippen molar-refractivity contribution < 1.29 is 14.6 Å². The molecule has 1 atom stereocenters. The molecule has 19 heavy (non-hydrogen) atoms. The van der Waals surface area contributed by atoms with Gasteiger partial charge in [-0.25, -0.2) is 0 Å². The number of aliphatic hydroxyl groups is 1. The molecule has 1 aromatic carbocycles. The van der Waals surface area contributed by atoms with Crippen LogP contribution in [0.25, 0.3) is 0 Å². The number of aryl methyl sites for hydroxylation is 1. The lowest BCUT2D eigenvalue weighted by Gasteiger charge is -2.13. The Hall–Kier alpha value is -1.04. The highest BCUT2D eigenvalue weighted by molar-refractivity contribution is 9.10. The molecule has 0 aliphatic rings. The van der Waals surface area contributed by atoms with E-state index in [1.54, 1.807) is 37.7 Å². The van der Waals surface area contributed by atoms with Crippen LogP contribution in [-0.2, 0) is 0 Å². The Morgan fingerprint density at radius 1 is 1.16 bits per heavy atom. The van der Waals surface area contributed by atoms with E-state index in [0.717, 1.165) is 19.8 Å². The first-order chi connectivity index (χ1) is 9.06. The Kier molecular flexibility index (Phi) is 4.50. The van der Waals surface area contributed by atoms with Crippen LogP contribution in [0.3, 0.4) is 0 Å². The molecule has 0 amide bonds. The molecule has 2 aromatic rings. The monoisotopic (exact) mass is 342 g/mol. The molecule has 1 unspecified atom stereocenters. The smallest absolute Gasteiger partial charge is 0.161 e. The van der Waals surface area contributed by atoms with E-state index in [1.165, 1.54) is 0 Å². The van der Waals surface area contributed by atoms with Gasteiger partial charge in [-0.15, -0.1) is 11.3 Å². The maximum absolute atomic E-state index is 10.4. The maximum atomic E-state index is 10.4. The highest BCUT2D eigenvalue weighted by Gasteiger charge is 2.16. The lowest BCUT2D eigenvalue weighted by atomic mass is 10.1. The number of hydrogen-bond donors (Lipinski definition) is 1. The Labute approximate surface area is 124 Å². The van der Waals surface area contributed by atoms with Crippen LogP contribution in [0.15, 0.2) is 28.7 Å². The zero-order chi connectivity index (χ0) is 14.0. The van der Waals surface area contributed by atoms with Gasteiger partial charge < -0.3 is 14.6 Å². The van der Waals surface area contributed by atoms with Crippen molar-refractivity contribution in [1.82, 2.24) is 0 Å². The summed E-state index contributed by atoms with van der Waals surface area (Å²) >= 11 is 5.03. The van der Waals surface area contributed by atoms with Crippen molar-refractivity contribution in [3.63, 3.8) is 0 Å². The highest BCUT2D eigenvalue weighted by Crippen LogP contribution is 2.36. The average molecular weight is 343 g/mol. The zero-order valence-corrected chi connectivity index (χ0v) is 13.3. The van der Waals surface area contributed by atoms with Crippen LogP contribution >= 0.6 is 27.3 Å². The van der Waals surface area contributed by atoms with E-state index in [9.17, 15) is 5.11 Å². The molecule has 0 bridgehead atoms. The third-order valence-electron chi connectivity index (χ3n) is 2.87. The third-order valence-corrected chi connectivity index (χ3v) is 5.06. The molecule has 0 spiro atoms. The summed E-state index contributed by atoms with van der Waals surface area (Å²) in [7, 11) is 3.17. The van der Waals surface area contributed by atoms with Crippen molar-refractivity contribution in [2.24, 2.45) is 0 Å². The standard InChI is InChI=1S/C14H15BrO3S/c1-8-10(15)7-13(19-8)14(16)9-4-5-11(17-2)12(6-9)18-3/h4-7,14,16H,1-3H3. The fourth-order valence-corrected chi connectivity index (χ4v) is 3.38. The van der Waals surface area contributed by atoms with Gasteiger partial charge in [0.1, 0.15) is 6.10 Å². The average Bonchev–Trinajstić information content (AvgIpc) is 2.77. The first-order valence-corrected chi connectivity index (χ1v) is 7.33. The first kappa shape index (κ1) is 14.4. The zero-order valence-electron chi connectivity index (χ0n) is 10.9.